The summed E-state index contributed by atoms with van der Waals surface area (Å²) in [5.74, 6) is 1.90. The summed E-state index contributed by atoms with van der Waals surface area (Å²) in [6.07, 6.45) is 2.95. The molecule has 1 aromatic heterocycles. The van der Waals surface area contributed by atoms with Gasteiger partial charge >= 0.3 is 0 Å². The maximum absolute atomic E-state index is 12.7. The van der Waals surface area contributed by atoms with Crippen molar-refractivity contribution in [2.75, 3.05) is 6.54 Å². The van der Waals surface area contributed by atoms with Gasteiger partial charge in [-0.05, 0) is 45.2 Å². The lowest BCUT2D eigenvalue weighted by Gasteiger charge is -2.32. The van der Waals surface area contributed by atoms with Crippen LogP contribution in [0.1, 0.15) is 44.6 Å². The van der Waals surface area contributed by atoms with Gasteiger partial charge in [-0.15, -0.1) is 0 Å². The first-order chi connectivity index (χ1) is 9.00. The van der Waals surface area contributed by atoms with Gasteiger partial charge < -0.3 is 15.1 Å². The monoisotopic (exact) mass is 264 g/mol. The van der Waals surface area contributed by atoms with Crippen LogP contribution in [0.5, 0.6) is 0 Å². The molecule has 4 nitrogen and oxygen atoms in total. The molecule has 2 rings (SSSR count). The van der Waals surface area contributed by atoms with Crippen molar-refractivity contribution in [1.82, 2.24) is 4.90 Å². The van der Waals surface area contributed by atoms with Crippen molar-refractivity contribution in [3.05, 3.63) is 23.7 Å². The SMILES string of the molecule is CCC(C)(CN)C(=O)N(Cc1ccc(C)o1)C1CC1. The second-order valence-corrected chi connectivity index (χ2v) is 5.79. The van der Waals surface area contributed by atoms with E-state index in [0.717, 1.165) is 30.8 Å². The third-order valence-electron chi connectivity index (χ3n) is 4.12. The van der Waals surface area contributed by atoms with E-state index in [9.17, 15) is 4.79 Å². The molecule has 1 aliphatic carbocycles. The molecule has 0 aromatic carbocycles. The van der Waals surface area contributed by atoms with Crippen LogP contribution < -0.4 is 5.73 Å². The van der Waals surface area contributed by atoms with E-state index >= 15 is 0 Å². The van der Waals surface area contributed by atoms with E-state index in [0.29, 0.717) is 19.1 Å². The van der Waals surface area contributed by atoms with E-state index in [2.05, 4.69) is 0 Å². The van der Waals surface area contributed by atoms with Crippen molar-refractivity contribution in [1.29, 1.82) is 0 Å². The summed E-state index contributed by atoms with van der Waals surface area (Å²) in [6.45, 7) is 6.85. The number of aryl methyl sites for hydroxylation is 1. The van der Waals surface area contributed by atoms with E-state index in [1.165, 1.54) is 0 Å². The second kappa shape index (κ2) is 5.37. The van der Waals surface area contributed by atoms with E-state index < -0.39 is 5.41 Å². The van der Waals surface area contributed by atoms with Crippen LogP contribution in [-0.2, 0) is 11.3 Å². The van der Waals surface area contributed by atoms with Crippen LogP contribution in [0.15, 0.2) is 16.5 Å². The zero-order valence-electron chi connectivity index (χ0n) is 12.1. The molecule has 1 heterocycles. The number of carbonyl (C=O) groups is 1. The summed E-state index contributed by atoms with van der Waals surface area (Å²) in [6, 6.07) is 4.26. The second-order valence-electron chi connectivity index (χ2n) is 5.79. The predicted octanol–water partition coefficient (Wildman–Crippen LogP) is 2.45. The smallest absolute Gasteiger partial charge is 0.230 e. The molecule has 1 aliphatic rings. The Bertz CT molecular complexity index is 445. The molecule has 1 amide bonds. The largest absolute Gasteiger partial charge is 0.464 e. The van der Waals surface area contributed by atoms with Gasteiger partial charge in [0.1, 0.15) is 11.5 Å². The van der Waals surface area contributed by atoms with Crippen molar-refractivity contribution >= 4 is 5.91 Å². The van der Waals surface area contributed by atoms with E-state index in [4.69, 9.17) is 10.2 Å². The first-order valence-electron chi connectivity index (χ1n) is 7.06. The molecule has 0 radical (unpaired) electrons. The average molecular weight is 264 g/mol. The summed E-state index contributed by atoms with van der Waals surface area (Å²) >= 11 is 0. The minimum absolute atomic E-state index is 0.161. The van der Waals surface area contributed by atoms with Crippen LogP contribution in [0.4, 0.5) is 0 Å². The highest BCUT2D eigenvalue weighted by Crippen LogP contribution is 2.33. The number of carbonyl (C=O) groups excluding carboxylic acids is 1. The first-order valence-corrected chi connectivity index (χ1v) is 7.06. The van der Waals surface area contributed by atoms with Gasteiger partial charge in [0, 0.05) is 12.6 Å². The minimum atomic E-state index is -0.454. The maximum Gasteiger partial charge on any atom is 0.230 e. The molecule has 4 heteroatoms. The summed E-state index contributed by atoms with van der Waals surface area (Å²) in [5.41, 5.74) is 5.35. The average Bonchev–Trinajstić information content (AvgIpc) is 3.17. The summed E-state index contributed by atoms with van der Waals surface area (Å²) in [7, 11) is 0. The molecular weight excluding hydrogens is 240 g/mol. The Hall–Kier alpha value is -1.29. The molecule has 1 fully saturated rings. The quantitative estimate of drug-likeness (QED) is 0.858. The van der Waals surface area contributed by atoms with E-state index in [1.807, 2.05) is 37.8 Å². The molecule has 106 valence electrons. The van der Waals surface area contributed by atoms with Gasteiger partial charge in [0.05, 0.1) is 12.0 Å². The van der Waals surface area contributed by atoms with Crippen molar-refractivity contribution in [2.24, 2.45) is 11.1 Å². The Morgan fingerprint density at radius 2 is 2.21 bits per heavy atom. The fourth-order valence-corrected chi connectivity index (χ4v) is 2.22. The molecule has 0 saturated heterocycles. The Morgan fingerprint density at radius 1 is 1.53 bits per heavy atom. The van der Waals surface area contributed by atoms with Crippen LogP contribution in [0.25, 0.3) is 0 Å². The molecule has 1 saturated carbocycles. The Kier molecular flexibility index (Phi) is 3.99. The number of nitrogens with two attached hydrogens (primary N) is 1. The molecule has 1 aromatic rings. The van der Waals surface area contributed by atoms with Crippen LogP contribution in [0, 0.1) is 12.3 Å². The van der Waals surface area contributed by atoms with Crippen molar-refractivity contribution in [3.8, 4) is 0 Å². The number of hydrogen-bond acceptors (Lipinski definition) is 3. The van der Waals surface area contributed by atoms with Gasteiger partial charge in [-0.2, -0.15) is 0 Å². The summed E-state index contributed by atoms with van der Waals surface area (Å²) < 4.78 is 5.60. The van der Waals surface area contributed by atoms with Crippen molar-refractivity contribution in [3.63, 3.8) is 0 Å². The number of furan rings is 1. The van der Waals surface area contributed by atoms with E-state index in [1.54, 1.807) is 0 Å². The molecule has 0 spiro atoms. The zero-order chi connectivity index (χ0) is 14.0. The molecule has 0 aliphatic heterocycles. The fraction of sp³-hybridized carbons (Fsp3) is 0.667. The van der Waals surface area contributed by atoms with Crippen LogP contribution in [0.3, 0.4) is 0 Å². The van der Waals surface area contributed by atoms with Crippen LogP contribution in [0.2, 0.25) is 0 Å². The molecule has 1 atom stereocenters. The van der Waals surface area contributed by atoms with E-state index in [-0.39, 0.29) is 5.91 Å². The van der Waals surface area contributed by atoms with Gasteiger partial charge in [-0.1, -0.05) is 6.92 Å². The highest BCUT2D eigenvalue weighted by Gasteiger charge is 2.40. The maximum atomic E-state index is 12.7. The molecule has 0 bridgehead atoms. The van der Waals surface area contributed by atoms with Crippen LogP contribution >= 0.6 is 0 Å². The minimum Gasteiger partial charge on any atom is -0.464 e. The lowest BCUT2D eigenvalue weighted by molar-refractivity contribution is -0.142. The number of rotatable bonds is 6. The zero-order valence-corrected chi connectivity index (χ0v) is 12.1. The van der Waals surface area contributed by atoms with Gasteiger partial charge in [0.2, 0.25) is 5.91 Å². The Morgan fingerprint density at radius 3 is 2.63 bits per heavy atom. The predicted molar refractivity (Wildman–Crippen MR) is 74.5 cm³/mol. The Labute approximate surface area is 114 Å². The normalized spacial score (nSPS) is 18.1. The van der Waals surface area contributed by atoms with Crippen molar-refractivity contribution in [2.45, 2.75) is 52.6 Å². The number of amides is 1. The standard InChI is InChI=1S/C15H24N2O2/c1-4-15(3,10-16)14(18)17(12-6-7-12)9-13-8-5-11(2)19-13/h5,8,12H,4,6-7,9-10,16H2,1-3H3. The molecule has 2 N–H and O–H groups in total. The van der Waals surface area contributed by atoms with Gasteiger partial charge in [-0.25, -0.2) is 0 Å². The summed E-state index contributed by atoms with van der Waals surface area (Å²) in [5, 5.41) is 0. The molecule has 19 heavy (non-hydrogen) atoms. The lowest BCUT2D eigenvalue weighted by Crippen LogP contribution is -2.46. The first kappa shape index (κ1) is 14.1. The van der Waals surface area contributed by atoms with Crippen molar-refractivity contribution < 1.29 is 9.21 Å². The number of hydrogen-bond donors (Lipinski definition) is 1. The van der Waals surface area contributed by atoms with Gasteiger partial charge in [-0.3, -0.25) is 4.79 Å². The molecular formula is C15H24N2O2. The van der Waals surface area contributed by atoms with Crippen LogP contribution in [-0.4, -0.2) is 23.4 Å². The fourth-order valence-electron chi connectivity index (χ4n) is 2.22. The highest BCUT2D eigenvalue weighted by molar-refractivity contribution is 5.83. The number of nitrogens with zero attached hydrogens (tertiary/aromatic N) is 1. The van der Waals surface area contributed by atoms with Gasteiger partial charge in [0.25, 0.3) is 0 Å². The highest BCUT2D eigenvalue weighted by atomic mass is 16.3. The third-order valence-corrected chi connectivity index (χ3v) is 4.12. The lowest BCUT2D eigenvalue weighted by atomic mass is 9.86. The molecule has 1 unspecified atom stereocenters. The Balaban J connectivity index is 2.14. The topological polar surface area (TPSA) is 59.5 Å². The summed E-state index contributed by atoms with van der Waals surface area (Å²) in [4.78, 5) is 14.7. The van der Waals surface area contributed by atoms with Gasteiger partial charge in [0.15, 0.2) is 0 Å². The third kappa shape index (κ3) is 3.00.